The molecule has 2 aliphatic heterocycles. The molecule has 172 valence electrons. The van der Waals surface area contributed by atoms with Crippen molar-refractivity contribution >= 4 is 17.3 Å². The lowest BCUT2D eigenvalue weighted by Crippen LogP contribution is -2.31. The van der Waals surface area contributed by atoms with E-state index in [4.69, 9.17) is 14.2 Å². The van der Waals surface area contributed by atoms with Crippen LogP contribution in [0.3, 0.4) is 0 Å². The summed E-state index contributed by atoms with van der Waals surface area (Å²) >= 11 is 0. The van der Waals surface area contributed by atoms with E-state index in [9.17, 15) is 10.1 Å². The van der Waals surface area contributed by atoms with Crippen molar-refractivity contribution in [2.45, 2.75) is 12.5 Å². The van der Waals surface area contributed by atoms with Gasteiger partial charge in [-0.2, -0.15) is 5.26 Å². The Morgan fingerprint density at radius 2 is 2.12 bits per heavy atom. The van der Waals surface area contributed by atoms with Crippen molar-refractivity contribution in [2.24, 2.45) is 0 Å². The molecule has 0 aliphatic carbocycles. The van der Waals surface area contributed by atoms with Gasteiger partial charge in [-0.05, 0) is 18.2 Å². The van der Waals surface area contributed by atoms with Crippen LogP contribution in [0.25, 0.3) is 0 Å². The number of carbonyl (C=O) groups excluding carboxylic acids is 1. The largest absolute Gasteiger partial charge is 0.490 e. The lowest BCUT2D eigenvalue weighted by Gasteiger charge is -2.31. The van der Waals surface area contributed by atoms with Gasteiger partial charge in [0.25, 0.3) is 5.91 Å². The highest BCUT2D eigenvalue weighted by Gasteiger charge is 2.30. The SMILES string of the molecule is COc1ncc(N2CCOc3ccc(O[C@H]4CCN(C(=O)c5cnccn5)C4)cc32)cc1C#N. The minimum Gasteiger partial charge on any atom is -0.490 e. The Kier molecular flexibility index (Phi) is 5.82. The maximum absolute atomic E-state index is 12.6. The van der Waals surface area contributed by atoms with E-state index in [-0.39, 0.29) is 12.0 Å². The molecule has 1 aromatic carbocycles. The average Bonchev–Trinajstić information content (AvgIpc) is 3.36. The molecule has 34 heavy (non-hydrogen) atoms. The van der Waals surface area contributed by atoms with E-state index in [0.29, 0.717) is 49.1 Å². The zero-order chi connectivity index (χ0) is 23.5. The quantitative estimate of drug-likeness (QED) is 0.569. The van der Waals surface area contributed by atoms with Crippen LogP contribution in [0.15, 0.2) is 49.1 Å². The highest BCUT2D eigenvalue weighted by Crippen LogP contribution is 2.40. The Morgan fingerprint density at radius 3 is 2.91 bits per heavy atom. The second kappa shape index (κ2) is 9.23. The number of aromatic nitrogens is 3. The molecule has 10 heteroatoms. The predicted octanol–water partition coefficient (Wildman–Crippen LogP) is 2.58. The lowest BCUT2D eigenvalue weighted by atomic mass is 10.2. The number of hydrogen-bond donors (Lipinski definition) is 0. The normalized spacial score (nSPS) is 16.9. The number of methoxy groups -OCH3 is 1. The third kappa shape index (κ3) is 4.15. The number of carbonyl (C=O) groups is 1. The number of hydrogen-bond acceptors (Lipinski definition) is 9. The van der Waals surface area contributed by atoms with Crippen molar-refractivity contribution in [2.75, 3.05) is 38.3 Å². The summed E-state index contributed by atoms with van der Waals surface area (Å²) in [6, 6.07) is 9.52. The predicted molar refractivity (Wildman–Crippen MR) is 121 cm³/mol. The summed E-state index contributed by atoms with van der Waals surface area (Å²) in [5, 5.41) is 9.44. The topological polar surface area (TPSA) is 114 Å². The number of pyridine rings is 1. The first-order valence-corrected chi connectivity index (χ1v) is 10.9. The van der Waals surface area contributed by atoms with Crippen LogP contribution in [-0.2, 0) is 0 Å². The molecule has 3 aromatic rings. The molecule has 1 fully saturated rings. The Labute approximate surface area is 196 Å². The minimum atomic E-state index is -0.149. The number of amides is 1. The number of nitriles is 1. The smallest absolute Gasteiger partial charge is 0.274 e. The summed E-state index contributed by atoms with van der Waals surface area (Å²) < 4.78 is 17.2. The van der Waals surface area contributed by atoms with E-state index in [0.717, 1.165) is 23.5 Å². The van der Waals surface area contributed by atoms with E-state index < -0.39 is 0 Å². The number of likely N-dealkylation sites (tertiary alicyclic amines) is 1. The van der Waals surface area contributed by atoms with Crippen LogP contribution in [0.5, 0.6) is 17.4 Å². The van der Waals surface area contributed by atoms with Crippen molar-refractivity contribution < 1.29 is 19.0 Å². The Bertz CT molecular complexity index is 1250. The van der Waals surface area contributed by atoms with Crippen LogP contribution in [-0.4, -0.2) is 65.2 Å². The molecule has 0 unspecified atom stereocenters. The lowest BCUT2D eigenvalue weighted by molar-refractivity contribution is 0.0766. The van der Waals surface area contributed by atoms with Gasteiger partial charge in [-0.3, -0.25) is 9.78 Å². The monoisotopic (exact) mass is 458 g/mol. The zero-order valence-electron chi connectivity index (χ0n) is 18.5. The molecule has 0 bridgehead atoms. The number of ether oxygens (including phenoxy) is 3. The second-order valence-electron chi connectivity index (χ2n) is 7.86. The van der Waals surface area contributed by atoms with Gasteiger partial charge in [0.1, 0.15) is 41.5 Å². The maximum atomic E-state index is 12.6. The van der Waals surface area contributed by atoms with Crippen LogP contribution in [0, 0.1) is 11.3 Å². The van der Waals surface area contributed by atoms with Crippen LogP contribution >= 0.6 is 0 Å². The van der Waals surface area contributed by atoms with Gasteiger partial charge in [0.15, 0.2) is 0 Å². The first-order chi connectivity index (χ1) is 16.7. The van der Waals surface area contributed by atoms with Crippen LogP contribution in [0.2, 0.25) is 0 Å². The first kappa shape index (κ1) is 21.5. The summed E-state index contributed by atoms with van der Waals surface area (Å²) in [7, 11) is 1.49. The molecular formula is C24H22N6O4. The zero-order valence-corrected chi connectivity index (χ0v) is 18.5. The van der Waals surface area contributed by atoms with E-state index in [1.807, 2.05) is 23.1 Å². The summed E-state index contributed by atoms with van der Waals surface area (Å²) in [5.41, 5.74) is 2.28. The van der Waals surface area contributed by atoms with Crippen LogP contribution in [0.4, 0.5) is 11.4 Å². The standard InChI is InChI=1S/C24H22N6O4/c1-32-23-16(12-25)10-17(13-28-23)30-8-9-33-22-3-2-18(11-21(22)30)34-19-4-7-29(15-19)24(31)20-14-26-5-6-27-20/h2-3,5-6,10-11,13-14,19H,4,7-9,15H2,1H3/t19-/m0/s1. The summed E-state index contributed by atoms with van der Waals surface area (Å²) in [4.78, 5) is 28.7. The van der Waals surface area contributed by atoms with Gasteiger partial charge in [0.05, 0.1) is 44.0 Å². The molecule has 5 rings (SSSR count). The third-order valence-electron chi connectivity index (χ3n) is 5.77. The Hall–Kier alpha value is -4.39. The number of anilines is 2. The van der Waals surface area contributed by atoms with Crippen molar-refractivity contribution in [3.05, 3.63) is 60.3 Å². The van der Waals surface area contributed by atoms with Gasteiger partial charge in [-0.25, -0.2) is 9.97 Å². The first-order valence-electron chi connectivity index (χ1n) is 10.9. The van der Waals surface area contributed by atoms with E-state index in [1.54, 1.807) is 23.4 Å². The highest BCUT2D eigenvalue weighted by molar-refractivity contribution is 5.92. The Balaban J connectivity index is 1.33. The summed E-state index contributed by atoms with van der Waals surface area (Å²) in [6.07, 6.45) is 6.78. The average molecular weight is 458 g/mol. The van der Waals surface area contributed by atoms with Gasteiger partial charge in [0.2, 0.25) is 5.88 Å². The van der Waals surface area contributed by atoms with Crippen LogP contribution < -0.4 is 19.1 Å². The summed E-state index contributed by atoms with van der Waals surface area (Å²) in [5.74, 6) is 1.54. The highest BCUT2D eigenvalue weighted by atomic mass is 16.5. The van der Waals surface area contributed by atoms with Crippen LogP contribution in [0.1, 0.15) is 22.5 Å². The molecule has 2 aromatic heterocycles. The van der Waals surface area contributed by atoms with E-state index in [1.165, 1.54) is 19.5 Å². The van der Waals surface area contributed by atoms with Crippen molar-refractivity contribution in [3.63, 3.8) is 0 Å². The van der Waals surface area contributed by atoms with E-state index >= 15 is 0 Å². The molecule has 10 nitrogen and oxygen atoms in total. The molecule has 2 aliphatic rings. The number of rotatable bonds is 5. The molecule has 1 saturated heterocycles. The minimum absolute atomic E-state index is 0.135. The number of fused-ring (bicyclic) bond motifs is 1. The maximum Gasteiger partial charge on any atom is 0.274 e. The van der Waals surface area contributed by atoms with Gasteiger partial charge < -0.3 is 24.0 Å². The molecule has 1 amide bonds. The van der Waals surface area contributed by atoms with Gasteiger partial charge >= 0.3 is 0 Å². The third-order valence-corrected chi connectivity index (χ3v) is 5.77. The molecule has 0 spiro atoms. The fourth-order valence-corrected chi connectivity index (χ4v) is 4.14. The van der Waals surface area contributed by atoms with Crippen molar-refractivity contribution in [1.82, 2.24) is 19.9 Å². The molecule has 0 N–H and O–H groups in total. The molecular weight excluding hydrogens is 436 g/mol. The molecule has 0 radical (unpaired) electrons. The molecule has 0 saturated carbocycles. The van der Waals surface area contributed by atoms with Crippen molar-refractivity contribution in [3.8, 4) is 23.4 Å². The fraction of sp³-hybridized carbons (Fsp3) is 0.292. The summed E-state index contributed by atoms with van der Waals surface area (Å²) in [6.45, 7) is 2.16. The molecule has 1 atom stereocenters. The number of nitrogens with zero attached hydrogens (tertiary/aromatic N) is 6. The fourth-order valence-electron chi connectivity index (χ4n) is 4.14. The van der Waals surface area contributed by atoms with Gasteiger partial charge in [0, 0.05) is 31.4 Å². The number of benzene rings is 1. The second-order valence-corrected chi connectivity index (χ2v) is 7.86. The Morgan fingerprint density at radius 1 is 1.21 bits per heavy atom. The van der Waals surface area contributed by atoms with E-state index in [2.05, 4.69) is 21.0 Å². The van der Waals surface area contributed by atoms with Gasteiger partial charge in [-0.15, -0.1) is 0 Å². The van der Waals surface area contributed by atoms with Crippen molar-refractivity contribution in [1.29, 1.82) is 5.26 Å². The van der Waals surface area contributed by atoms with Gasteiger partial charge in [-0.1, -0.05) is 0 Å². The molecule has 4 heterocycles.